The molecule has 1 fully saturated rings. The topological polar surface area (TPSA) is 32.3 Å². The molecule has 1 rings (SSSR count). The Kier molecular flexibility index (Phi) is 4.22. The summed E-state index contributed by atoms with van der Waals surface area (Å²) in [4.78, 5) is 13.4. The summed E-state index contributed by atoms with van der Waals surface area (Å²) in [7, 11) is 1.89. The summed E-state index contributed by atoms with van der Waals surface area (Å²) < 4.78 is 0. The van der Waals surface area contributed by atoms with E-state index in [-0.39, 0.29) is 5.91 Å². The van der Waals surface area contributed by atoms with Crippen LogP contribution in [0.25, 0.3) is 0 Å². The number of rotatable bonds is 4. The van der Waals surface area contributed by atoms with E-state index < -0.39 is 0 Å². The van der Waals surface area contributed by atoms with Crippen LogP contribution in [0.2, 0.25) is 0 Å². The van der Waals surface area contributed by atoms with Gasteiger partial charge >= 0.3 is 0 Å². The van der Waals surface area contributed by atoms with Gasteiger partial charge in [-0.2, -0.15) is 0 Å². The van der Waals surface area contributed by atoms with Gasteiger partial charge in [-0.25, -0.2) is 0 Å². The van der Waals surface area contributed by atoms with Crippen molar-refractivity contribution in [1.29, 1.82) is 0 Å². The van der Waals surface area contributed by atoms with E-state index in [1.807, 2.05) is 11.9 Å². The number of hydrogen-bond donors (Lipinski definition) is 1. The third kappa shape index (κ3) is 3.35. The SMILES string of the molecule is CCCN(C)C(=O)CC1CCCN1. The van der Waals surface area contributed by atoms with Crippen LogP contribution in [0, 0.1) is 0 Å². The zero-order chi connectivity index (χ0) is 9.68. The largest absolute Gasteiger partial charge is 0.346 e. The van der Waals surface area contributed by atoms with Crippen LogP contribution in [-0.2, 0) is 4.79 Å². The van der Waals surface area contributed by atoms with E-state index in [2.05, 4.69) is 12.2 Å². The van der Waals surface area contributed by atoms with Gasteiger partial charge in [-0.15, -0.1) is 0 Å². The monoisotopic (exact) mass is 184 g/mol. The summed E-state index contributed by atoms with van der Waals surface area (Å²) in [5.74, 6) is 0.279. The van der Waals surface area contributed by atoms with Crippen LogP contribution in [0.1, 0.15) is 32.6 Å². The van der Waals surface area contributed by atoms with E-state index in [9.17, 15) is 4.79 Å². The van der Waals surface area contributed by atoms with Crippen LogP contribution < -0.4 is 5.32 Å². The summed E-state index contributed by atoms with van der Waals surface area (Å²) in [6, 6.07) is 0.437. The van der Waals surface area contributed by atoms with Crippen molar-refractivity contribution in [3.05, 3.63) is 0 Å². The van der Waals surface area contributed by atoms with Gasteiger partial charge in [-0.1, -0.05) is 6.92 Å². The summed E-state index contributed by atoms with van der Waals surface area (Å²) in [6.45, 7) is 4.05. The second kappa shape index (κ2) is 5.22. The first-order valence-corrected chi connectivity index (χ1v) is 5.21. The van der Waals surface area contributed by atoms with Crippen LogP contribution in [0.15, 0.2) is 0 Å². The molecule has 0 radical (unpaired) electrons. The Hall–Kier alpha value is -0.570. The van der Waals surface area contributed by atoms with Crippen LogP contribution in [0.5, 0.6) is 0 Å². The van der Waals surface area contributed by atoms with E-state index in [1.165, 1.54) is 6.42 Å². The summed E-state index contributed by atoms with van der Waals surface area (Å²) in [5.41, 5.74) is 0. The lowest BCUT2D eigenvalue weighted by molar-refractivity contribution is -0.130. The molecule has 76 valence electrons. The fraction of sp³-hybridized carbons (Fsp3) is 0.900. The lowest BCUT2D eigenvalue weighted by Crippen LogP contribution is -2.33. The molecular weight excluding hydrogens is 164 g/mol. The Morgan fingerprint density at radius 1 is 1.62 bits per heavy atom. The Morgan fingerprint density at radius 2 is 2.38 bits per heavy atom. The van der Waals surface area contributed by atoms with Crippen LogP contribution in [0.4, 0.5) is 0 Å². The maximum Gasteiger partial charge on any atom is 0.223 e. The van der Waals surface area contributed by atoms with Crippen molar-refractivity contribution >= 4 is 5.91 Å². The van der Waals surface area contributed by atoms with E-state index in [1.54, 1.807) is 0 Å². The molecule has 1 heterocycles. The van der Waals surface area contributed by atoms with Crippen LogP contribution in [-0.4, -0.2) is 37.0 Å². The molecule has 0 aromatic carbocycles. The van der Waals surface area contributed by atoms with Gasteiger partial charge in [0.1, 0.15) is 0 Å². The van der Waals surface area contributed by atoms with Crippen molar-refractivity contribution in [3.63, 3.8) is 0 Å². The molecule has 1 saturated heterocycles. The van der Waals surface area contributed by atoms with Gasteiger partial charge in [0.15, 0.2) is 0 Å². The molecule has 0 aromatic heterocycles. The van der Waals surface area contributed by atoms with Gasteiger partial charge in [-0.3, -0.25) is 4.79 Å². The Balaban J connectivity index is 2.22. The minimum absolute atomic E-state index is 0.279. The van der Waals surface area contributed by atoms with Gasteiger partial charge in [0.25, 0.3) is 0 Å². The molecule has 0 aromatic rings. The van der Waals surface area contributed by atoms with Gasteiger partial charge in [0.2, 0.25) is 5.91 Å². The number of carbonyl (C=O) groups is 1. The Bertz CT molecular complexity index is 164. The van der Waals surface area contributed by atoms with Gasteiger partial charge in [0, 0.05) is 26.1 Å². The molecule has 0 spiro atoms. The van der Waals surface area contributed by atoms with E-state index in [0.29, 0.717) is 12.5 Å². The highest BCUT2D eigenvalue weighted by Gasteiger charge is 2.19. The molecule has 1 unspecified atom stereocenters. The summed E-state index contributed by atoms with van der Waals surface area (Å²) >= 11 is 0. The van der Waals surface area contributed by atoms with Gasteiger partial charge < -0.3 is 10.2 Å². The summed E-state index contributed by atoms with van der Waals surface area (Å²) in [5, 5.41) is 3.34. The minimum atomic E-state index is 0.279. The lowest BCUT2D eigenvalue weighted by atomic mass is 10.1. The third-order valence-corrected chi connectivity index (χ3v) is 2.57. The predicted molar refractivity (Wildman–Crippen MR) is 53.6 cm³/mol. The molecule has 3 nitrogen and oxygen atoms in total. The van der Waals surface area contributed by atoms with Crippen molar-refractivity contribution in [2.24, 2.45) is 0 Å². The molecule has 0 saturated carbocycles. The summed E-state index contributed by atoms with van der Waals surface area (Å²) in [6.07, 6.45) is 4.10. The second-order valence-electron chi connectivity index (χ2n) is 3.81. The number of hydrogen-bond acceptors (Lipinski definition) is 2. The number of amides is 1. The highest BCUT2D eigenvalue weighted by Crippen LogP contribution is 2.09. The zero-order valence-corrected chi connectivity index (χ0v) is 8.68. The molecule has 0 bridgehead atoms. The Labute approximate surface area is 80.5 Å². The average Bonchev–Trinajstić information content (AvgIpc) is 2.57. The van der Waals surface area contributed by atoms with Crippen LogP contribution >= 0.6 is 0 Å². The molecule has 1 aliphatic heterocycles. The molecule has 1 atom stereocenters. The van der Waals surface area contributed by atoms with Crippen molar-refractivity contribution in [2.45, 2.75) is 38.6 Å². The standard InChI is InChI=1S/C10H20N2O/c1-3-7-12(2)10(13)8-9-5-4-6-11-9/h9,11H,3-8H2,1-2H3. The quantitative estimate of drug-likeness (QED) is 0.707. The van der Waals surface area contributed by atoms with E-state index in [0.717, 1.165) is 25.9 Å². The molecule has 1 N–H and O–H groups in total. The first-order valence-electron chi connectivity index (χ1n) is 5.21. The van der Waals surface area contributed by atoms with E-state index in [4.69, 9.17) is 0 Å². The van der Waals surface area contributed by atoms with Gasteiger partial charge in [-0.05, 0) is 25.8 Å². The Morgan fingerprint density at radius 3 is 2.92 bits per heavy atom. The second-order valence-corrected chi connectivity index (χ2v) is 3.81. The molecule has 0 aliphatic carbocycles. The first-order chi connectivity index (χ1) is 6.24. The van der Waals surface area contributed by atoms with Crippen molar-refractivity contribution in [1.82, 2.24) is 10.2 Å². The highest BCUT2D eigenvalue weighted by atomic mass is 16.2. The molecule has 3 heteroatoms. The minimum Gasteiger partial charge on any atom is -0.346 e. The first kappa shape index (κ1) is 10.5. The molecule has 1 amide bonds. The third-order valence-electron chi connectivity index (χ3n) is 2.57. The van der Waals surface area contributed by atoms with Crippen molar-refractivity contribution < 1.29 is 4.79 Å². The fourth-order valence-corrected chi connectivity index (χ4v) is 1.76. The lowest BCUT2D eigenvalue weighted by Gasteiger charge is -2.18. The van der Waals surface area contributed by atoms with Crippen molar-refractivity contribution in [3.8, 4) is 0 Å². The van der Waals surface area contributed by atoms with Gasteiger partial charge in [0.05, 0.1) is 0 Å². The number of nitrogens with one attached hydrogen (secondary N) is 1. The smallest absolute Gasteiger partial charge is 0.223 e. The normalized spacial score (nSPS) is 21.8. The van der Waals surface area contributed by atoms with E-state index >= 15 is 0 Å². The number of nitrogens with zero attached hydrogens (tertiary/aromatic N) is 1. The maximum absolute atomic E-state index is 11.6. The fourth-order valence-electron chi connectivity index (χ4n) is 1.76. The number of carbonyl (C=O) groups excluding carboxylic acids is 1. The zero-order valence-electron chi connectivity index (χ0n) is 8.68. The molecule has 1 aliphatic rings. The average molecular weight is 184 g/mol. The molecule has 13 heavy (non-hydrogen) atoms. The molecular formula is C10H20N2O. The highest BCUT2D eigenvalue weighted by molar-refractivity contribution is 5.76. The maximum atomic E-state index is 11.6. The van der Waals surface area contributed by atoms with Crippen molar-refractivity contribution in [2.75, 3.05) is 20.1 Å². The van der Waals surface area contributed by atoms with Crippen LogP contribution in [0.3, 0.4) is 0 Å². The predicted octanol–water partition coefficient (Wildman–Crippen LogP) is 0.997.